The second-order valence-electron chi connectivity index (χ2n) is 5.29. The van der Waals surface area contributed by atoms with Crippen molar-refractivity contribution in [2.75, 3.05) is 6.61 Å². The lowest BCUT2D eigenvalue weighted by atomic mass is 10.1. The SMILES string of the molecule is CCCCCCCCOc1c(CCC)ccc(O)c1O. The molecular formula is C17H28O3. The van der Waals surface area contributed by atoms with Crippen LogP contribution in [0.3, 0.4) is 0 Å². The molecule has 3 nitrogen and oxygen atoms in total. The Morgan fingerprint density at radius 2 is 1.60 bits per heavy atom. The van der Waals surface area contributed by atoms with Gasteiger partial charge in [0.1, 0.15) is 0 Å². The van der Waals surface area contributed by atoms with Gasteiger partial charge in [-0.15, -0.1) is 0 Å². The molecule has 3 heteroatoms. The summed E-state index contributed by atoms with van der Waals surface area (Å²) in [5.41, 5.74) is 0.966. The zero-order chi connectivity index (χ0) is 14.8. The van der Waals surface area contributed by atoms with E-state index in [2.05, 4.69) is 13.8 Å². The largest absolute Gasteiger partial charge is 0.504 e. The monoisotopic (exact) mass is 280 g/mol. The molecule has 0 bridgehead atoms. The number of benzene rings is 1. The van der Waals surface area contributed by atoms with Gasteiger partial charge in [-0.05, 0) is 24.5 Å². The van der Waals surface area contributed by atoms with Gasteiger partial charge in [0.2, 0.25) is 5.75 Å². The van der Waals surface area contributed by atoms with Gasteiger partial charge in [-0.3, -0.25) is 0 Å². The molecule has 0 amide bonds. The van der Waals surface area contributed by atoms with Crippen molar-refractivity contribution in [3.63, 3.8) is 0 Å². The van der Waals surface area contributed by atoms with Crippen molar-refractivity contribution in [2.24, 2.45) is 0 Å². The predicted molar refractivity (Wildman–Crippen MR) is 82.6 cm³/mol. The number of unbranched alkanes of at least 4 members (excludes halogenated alkanes) is 5. The quantitative estimate of drug-likeness (QED) is 0.478. The standard InChI is InChI=1S/C17H28O3/c1-3-5-6-7-8-9-13-20-17-14(10-4-2)11-12-15(18)16(17)19/h11-12,18-19H,3-10,13H2,1-2H3. The summed E-state index contributed by atoms with van der Waals surface area (Å²) in [4.78, 5) is 0. The highest BCUT2D eigenvalue weighted by molar-refractivity contribution is 5.54. The maximum Gasteiger partial charge on any atom is 0.200 e. The molecule has 0 saturated carbocycles. The maximum atomic E-state index is 9.90. The third-order valence-electron chi connectivity index (χ3n) is 3.46. The number of phenols is 2. The normalized spacial score (nSPS) is 10.7. The van der Waals surface area contributed by atoms with E-state index in [1.54, 1.807) is 0 Å². The highest BCUT2D eigenvalue weighted by atomic mass is 16.5. The number of hydrogen-bond acceptors (Lipinski definition) is 3. The Hall–Kier alpha value is -1.38. The first-order valence-electron chi connectivity index (χ1n) is 7.87. The molecule has 0 radical (unpaired) electrons. The van der Waals surface area contributed by atoms with Gasteiger partial charge in [0.25, 0.3) is 0 Å². The molecule has 0 heterocycles. The molecule has 0 fully saturated rings. The number of rotatable bonds is 10. The van der Waals surface area contributed by atoms with E-state index in [1.807, 2.05) is 6.07 Å². The summed E-state index contributed by atoms with van der Waals surface area (Å²) in [5.74, 6) is 0.227. The smallest absolute Gasteiger partial charge is 0.200 e. The fourth-order valence-electron chi connectivity index (χ4n) is 2.29. The minimum Gasteiger partial charge on any atom is -0.504 e. The lowest BCUT2D eigenvalue weighted by Crippen LogP contribution is -2.01. The van der Waals surface area contributed by atoms with E-state index in [1.165, 1.54) is 31.7 Å². The van der Waals surface area contributed by atoms with Crippen molar-refractivity contribution in [1.29, 1.82) is 0 Å². The second-order valence-corrected chi connectivity index (χ2v) is 5.29. The molecule has 0 saturated heterocycles. The van der Waals surface area contributed by atoms with Gasteiger partial charge in [0.15, 0.2) is 11.5 Å². The van der Waals surface area contributed by atoms with Crippen LogP contribution in [-0.2, 0) is 6.42 Å². The summed E-state index contributed by atoms with van der Waals surface area (Å²) in [5, 5.41) is 19.5. The van der Waals surface area contributed by atoms with Crippen molar-refractivity contribution in [2.45, 2.75) is 65.2 Å². The zero-order valence-corrected chi connectivity index (χ0v) is 12.8. The van der Waals surface area contributed by atoms with Gasteiger partial charge in [0.05, 0.1) is 6.61 Å². The third kappa shape index (κ3) is 5.32. The summed E-state index contributed by atoms with van der Waals surface area (Å²) >= 11 is 0. The molecule has 0 aliphatic carbocycles. The first kappa shape index (κ1) is 16.7. The average molecular weight is 280 g/mol. The van der Waals surface area contributed by atoms with Crippen LogP contribution in [0, 0.1) is 0 Å². The average Bonchev–Trinajstić information content (AvgIpc) is 2.45. The Morgan fingerprint density at radius 3 is 2.30 bits per heavy atom. The molecule has 2 N–H and O–H groups in total. The molecule has 0 aliphatic rings. The van der Waals surface area contributed by atoms with Crippen molar-refractivity contribution < 1.29 is 14.9 Å². The van der Waals surface area contributed by atoms with Crippen LogP contribution in [0.5, 0.6) is 17.2 Å². The minimum absolute atomic E-state index is 0.109. The molecule has 1 aromatic carbocycles. The molecule has 0 spiro atoms. The van der Waals surface area contributed by atoms with Gasteiger partial charge in [-0.2, -0.15) is 0 Å². The van der Waals surface area contributed by atoms with Crippen molar-refractivity contribution in [3.05, 3.63) is 17.7 Å². The number of aromatic hydroxyl groups is 2. The van der Waals surface area contributed by atoms with Gasteiger partial charge in [-0.25, -0.2) is 0 Å². The molecule has 0 unspecified atom stereocenters. The lowest BCUT2D eigenvalue weighted by Gasteiger charge is -2.13. The topological polar surface area (TPSA) is 49.7 Å². The highest BCUT2D eigenvalue weighted by Crippen LogP contribution is 2.38. The summed E-state index contributed by atoms with van der Waals surface area (Å²) in [6, 6.07) is 3.35. The molecular weight excluding hydrogens is 252 g/mol. The fourth-order valence-corrected chi connectivity index (χ4v) is 2.29. The minimum atomic E-state index is -0.123. The summed E-state index contributed by atoms with van der Waals surface area (Å²) in [6.45, 7) is 4.89. The molecule has 1 rings (SSSR count). The molecule has 1 aromatic rings. The van der Waals surface area contributed by atoms with Crippen LogP contribution in [0.4, 0.5) is 0 Å². The lowest BCUT2D eigenvalue weighted by molar-refractivity contribution is 0.280. The first-order valence-corrected chi connectivity index (χ1v) is 7.87. The Kier molecular flexibility index (Phi) is 7.93. The summed E-state index contributed by atoms with van der Waals surface area (Å²) in [6.07, 6.45) is 9.06. The predicted octanol–water partition coefficient (Wildman–Crippen LogP) is 4.79. The Bertz CT molecular complexity index is 388. The number of ether oxygens (including phenoxy) is 1. The van der Waals surface area contributed by atoms with E-state index >= 15 is 0 Å². The zero-order valence-electron chi connectivity index (χ0n) is 12.8. The maximum absolute atomic E-state index is 9.90. The van der Waals surface area contributed by atoms with Crippen LogP contribution in [0.2, 0.25) is 0 Å². The van der Waals surface area contributed by atoms with Crippen molar-refractivity contribution in [3.8, 4) is 17.2 Å². The van der Waals surface area contributed by atoms with Crippen LogP contribution in [0.1, 0.15) is 64.4 Å². The molecule has 0 aromatic heterocycles. The Labute approximate surface area is 122 Å². The molecule has 0 atom stereocenters. The third-order valence-corrected chi connectivity index (χ3v) is 3.46. The molecule has 20 heavy (non-hydrogen) atoms. The van der Waals surface area contributed by atoms with Gasteiger partial charge >= 0.3 is 0 Å². The van der Waals surface area contributed by atoms with Gasteiger partial charge in [0, 0.05) is 0 Å². The first-order chi connectivity index (χ1) is 9.70. The fraction of sp³-hybridized carbons (Fsp3) is 0.647. The van der Waals surface area contributed by atoms with E-state index in [0.717, 1.165) is 31.2 Å². The van der Waals surface area contributed by atoms with Crippen LogP contribution in [0.25, 0.3) is 0 Å². The van der Waals surface area contributed by atoms with Crippen LogP contribution in [-0.4, -0.2) is 16.8 Å². The van der Waals surface area contributed by atoms with E-state index in [4.69, 9.17) is 4.74 Å². The summed E-state index contributed by atoms with van der Waals surface area (Å²) in [7, 11) is 0. The van der Waals surface area contributed by atoms with E-state index < -0.39 is 0 Å². The second kappa shape index (κ2) is 9.51. The Balaban J connectivity index is 2.43. The van der Waals surface area contributed by atoms with E-state index in [9.17, 15) is 10.2 Å². The van der Waals surface area contributed by atoms with Gasteiger partial charge in [-0.1, -0.05) is 58.4 Å². The number of hydrogen-bond donors (Lipinski definition) is 2. The highest BCUT2D eigenvalue weighted by Gasteiger charge is 2.13. The molecule has 114 valence electrons. The summed E-state index contributed by atoms with van der Waals surface area (Å²) < 4.78 is 5.70. The van der Waals surface area contributed by atoms with E-state index in [0.29, 0.717) is 12.4 Å². The number of aryl methyl sites for hydroxylation is 1. The van der Waals surface area contributed by atoms with Crippen LogP contribution in [0.15, 0.2) is 12.1 Å². The van der Waals surface area contributed by atoms with Crippen LogP contribution >= 0.6 is 0 Å². The Morgan fingerprint density at radius 1 is 0.900 bits per heavy atom. The van der Waals surface area contributed by atoms with Crippen molar-refractivity contribution in [1.82, 2.24) is 0 Å². The van der Waals surface area contributed by atoms with Gasteiger partial charge < -0.3 is 14.9 Å². The van der Waals surface area contributed by atoms with E-state index in [-0.39, 0.29) is 11.5 Å². The van der Waals surface area contributed by atoms with Crippen LogP contribution < -0.4 is 4.74 Å². The molecule has 0 aliphatic heterocycles. The van der Waals surface area contributed by atoms with Crippen molar-refractivity contribution >= 4 is 0 Å². The number of phenolic OH excluding ortho intramolecular Hbond substituents is 2.